The number of carbonyl (C=O) groups is 1. The molecule has 0 aromatic heterocycles. The minimum Gasteiger partial charge on any atom is -0.493 e. The lowest BCUT2D eigenvalue weighted by atomic mass is 9.98. The molecular weight excluding hydrogens is 352 g/mol. The van der Waals surface area contributed by atoms with Crippen molar-refractivity contribution in [3.05, 3.63) is 58.7 Å². The summed E-state index contributed by atoms with van der Waals surface area (Å²) < 4.78 is 10.9. The normalized spacial score (nSPS) is 16.5. The maximum Gasteiger partial charge on any atom is 0.254 e. The summed E-state index contributed by atoms with van der Waals surface area (Å²) in [6.45, 7) is 4.61. The fourth-order valence-corrected chi connectivity index (χ4v) is 4.31. The molecule has 2 heterocycles. The molecule has 0 saturated heterocycles. The van der Waals surface area contributed by atoms with E-state index in [0.717, 1.165) is 69.0 Å². The molecule has 2 aliphatic heterocycles. The Bertz CT molecular complexity index is 865. The first-order valence-corrected chi connectivity index (χ1v) is 10.0. The van der Waals surface area contributed by atoms with Gasteiger partial charge in [-0.05, 0) is 54.2 Å². The smallest absolute Gasteiger partial charge is 0.254 e. The summed E-state index contributed by atoms with van der Waals surface area (Å²) in [6.07, 6.45) is 2.98. The zero-order valence-corrected chi connectivity index (χ0v) is 16.7. The van der Waals surface area contributed by atoms with Crippen LogP contribution in [0.2, 0.25) is 0 Å². The van der Waals surface area contributed by atoms with Crippen LogP contribution in [0.5, 0.6) is 11.5 Å². The van der Waals surface area contributed by atoms with E-state index in [9.17, 15) is 4.79 Å². The van der Waals surface area contributed by atoms with E-state index in [1.807, 2.05) is 23.1 Å². The van der Waals surface area contributed by atoms with Crippen molar-refractivity contribution in [2.75, 3.05) is 40.4 Å². The van der Waals surface area contributed by atoms with Crippen LogP contribution in [0.15, 0.2) is 36.4 Å². The Balaban J connectivity index is 1.33. The van der Waals surface area contributed by atoms with Crippen molar-refractivity contribution in [2.24, 2.45) is 0 Å². The Morgan fingerprint density at radius 2 is 1.61 bits per heavy atom. The van der Waals surface area contributed by atoms with Gasteiger partial charge in [-0.3, -0.25) is 9.69 Å². The van der Waals surface area contributed by atoms with Gasteiger partial charge in [0.2, 0.25) is 0 Å². The van der Waals surface area contributed by atoms with Gasteiger partial charge >= 0.3 is 0 Å². The third kappa shape index (κ3) is 3.72. The predicted molar refractivity (Wildman–Crippen MR) is 109 cm³/mol. The molecule has 0 bridgehead atoms. The molecule has 5 nitrogen and oxygen atoms in total. The van der Waals surface area contributed by atoms with Crippen molar-refractivity contribution in [1.29, 1.82) is 0 Å². The molecule has 1 amide bonds. The van der Waals surface area contributed by atoms with E-state index in [1.165, 1.54) is 16.7 Å². The molecule has 2 aromatic rings. The Morgan fingerprint density at radius 3 is 2.39 bits per heavy atom. The van der Waals surface area contributed by atoms with Crippen molar-refractivity contribution in [1.82, 2.24) is 9.80 Å². The minimum atomic E-state index is 0.183. The summed E-state index contributed by atoms with van der Waals surface area (Å²) in [5, 5.41) is 0. The topological polar surface area (TPSA) is 42.0 Å². The number of ether oxygens (including phenoxy) is 2. The molecule has 2 aliphatic rings. The first-order chi connectivity index (χ1) is 13.7. The average Bonchev–Trinajstić information content (AvgIpc) is 2.74. The maximum absolute atomic E-state index is 12.7. The van der Waals surface area contributed by atoms with Crippen molar-refractivity contribution in [3.63, 3.8) is 0 Å². The van der Waals surface area contributed by atoms with Crippen LogP contribution in [0.3, 0.4) is 0 Å². The van der Waals surface area contributed by atoms with Crippen LogP contribution in [0, 0.1) is 0 Å². The number of methoxy groups -OCH3 is 2. The van der Waals surface area contributed by atoms with E-state index in [4.69, 9.17) is 9.47 Å². The van der Waals surface area contributed by atoms with Gasteiger partial charge in [-0.25, -0.2) is 0 Å². The van der Waals surface area contributed by atoms with Gasteiger partial charge in [0.15, 0.2) is 11.5 Å². The van der Waals surface area contributed by atoms with E-state index >= 15 is 0 Å². The monoisotopic (exact) mass is 380 g/mol. The van der Waals surface area contributed by atoms with E-state index in [-0.39, 0.29) is 5.91 Å². The lowest BCUT2D eigenvalue weighted by molar-refractivity contribution is 0.0730. The van der Waals surface area contributed by atoms with Gasteiger partial charge in [0, 0.05) is 38.3 Å². The average molecular weight is 380 g/mol. The second-order valence-electron chi connectivity index (χ2n) is 7.55. The molecule has 0 saturated carbocycles. The Kier molecular flexibility index (Phi) is 5.53. The third-order valence-electron chi connectivity index (χ3n) is 5.89. The van der Waals surface area contributed by atoms with E-state index < -0.39 is 0 Å². The van der Waals surface area contributed by atoms with Crippen molar-refractivity contribution < 1.29 is 14.3 Å². The summed E-state index contributed by atoms with van der Waals surface area (Å²) in [6, 6.07) is 12.2. The Morgan fingerprint density at radius 1 is 0.893 bits per heavy atom. The van der Waals surface area contributed by atoms with Crippen LogP contribution in [0.4, 0.5) is 0 Å². The quantitative estimate of drug-likeness (QED) is 0.772. The largest absolute Gasteiger partial charge is 0.493 e. The zero-order chi connectivity index (χ0) is 19.5. The van der Waals surface area contributed by atoms with Gasteiger partial charge < -0.3 is 14.4 Å². The molecule has 148 valence electrons. The summed E-state index contributed by atoms with van der Waals surface area (Å²) in [5.41, 5.74) is 4.71. The number of nitrogens with zero attached hydrogens (tertiary/aromatic N) is 2. The molecule has 0 unspecified atom stereocenters. The Labute approximate surface area is 166 Å². The standard InChI is InChI=1S/C23H28N2O3/c1-27-21-14-18-8-12-24(16-19(18)15-22(21)28-2)10-5-11-25-13-9-17-6-3-4-7-20(17)23(25)26/h3-4,6-7,14-15H,5,8-13,16H2,1-2H3. The van der Waals surface area contributed by atoms with E-state index in [1.54, 1.807) is 14.2 Å². The highest BCUT2D eigenvalue weighted by molar-refractivity contribution is 5.96. The fraction of sp³-hybridized carbons (Fsp3) is 0.435. The molecule has 28 heavy (non-hydrogen) atoms. The highest BCUT2D eigenvalue weighted by atomic mass is 16.5. The van der Waals surface area contributed by atoms with Crippen LogP contribution in [0.25, 0.3) is 0 Å². The summed E-state index contributed by atoms with van der Waals surface area (Å²) in [7, 11) is 3.36. The first kappa shape index (κ1) is 18.8. The minimum absolute atomic E-state index is 0.183. The fourth-order valence-electron chi connectivity index (χ4n) is 4.31. The molecule has 0 spiro atoms. The van der Waals surface area contributed by atoms with Crippen molar-refractivity contribution >= 4 is 5.91 Å². The molecule has 0 N–H and O–H groups in total. The van der Waals surface area contributed by atoms with Crippen molar-refractivity contribution in [3.8, 4) is 11.5 Å². The summed E-state index contributed by atoms with van der Waals surface area (Å²) in [4.78, 5) is 17.2. The summed E-state index contributed by atoms with van der Waals surface area (Å²) in [5.74, 6) is 1.78. The molecule has 0 fully saturated rings. The molecule has 5 heteroatoms. The molecule has 2 aromatic carbocycles. The zero-order valence-electron chi connectivity index (χ0n) is 16.7. The SMILES string of the molecule is COc1cc2c(cc1OC)CN(CCCN1CCc3ccccc3C1=O)CC2. The Hall–Kier alpha value is -2.53. The summed E-state index contributed by atoms with van der Waals surface area (Å²) >= 11 is 0. The van der Waals surface area contributed by atoms with Gasteiger partial charge in [-0.15, -0.1) is 0 Å². The number of amides is 1. The second-order valence-corrected chi connectivity index (χ2v) is 7.55. The number of benzene rings is 2. The molecule has 0 aliphatic carbocycles. The van der Waals surface area contributed by atoms with Crippen molar-refractivity contribution in [2.45, 2.75) is 25.8 Å². The maximum atomic E-state index is 12.7. The van der Waals surface area contributed by atoms with Gasteiger partial charge in [0.1, 0.15) is 0 Å². The molecule has 0 atom stereocenters. The lowest BCUT2D eigenvalue weighted by Gasteiger charge is -2.32. The predicted octanol–water partition coefficient (Wildman–Crippen LogP) is 3.15. The van der Waals surface area contributed by atoms with Gasteiger partial charge in [-0.1, -0.05) is 18.2 Å². The van der Waals surface area contributed by atoms with Gasteiger partial charge in [0.05, 0.1) is 14.2 Å². The van der Waals surface area contributed by atoms with Crippen LogP contribution in [0.1, 0.15) is 33.5 Å². The second kappa shape index (κ2) is 8.23. The van der Waals surface area contributed by atoms with Crippen LogP contribution >= 0.6 is 0 Å². The van der Waals surface area contributed by atoms with Crippen LogP contribution in [-0.2, 0) is 19.4 Å². The van der Waals surface area contributed by atoms with Crippen LogP contribution < -0.4 is 9.47 Å². The van der Waals surface area contributed by atoms with E-state index in [0.29, 0.717) is 0 Å². The number of fused-ring (bicyclic) bond motifs is 2. The number of hydrogen-bond donors (Lipinski definition) is 0. The van der Waals surface area contributed by atoms with Gasteiger partial charge in [-0.2, -0.15) is 0 Å². The van der Waals surface area contributed by atoms with Crippen LogP contribution in [-0.4, -0.2) is 56.1 Å². The molecule has 0 radical (unpaired) electrons. The lowest BCUT2D eigenvalue weighted by Crippen LogP contribution is -2.40. The van der Waals surface area contributed by atoms with Gasteiger partial charge in [0.25, 0.3) is 5.91 Å². The first-order valence-electron chi connectivity index (χ1n) is 10.0. The molecule has 4 rings (SSSR count). The number of carbonyl (C=O) groups excluding carboxylic acids is 1. The number of hydrogen-bond acceptors (Lipinski definition) is 4. The highest BCUT2D eigenvalue weighted by Crippen LogP contribution is 2.33. The van der Waals surface area contributed by atoms with E-state index in [2.05, 4.69) is 23.1 Å². The highest BCUT2D eigenvalue weighted by Gasteiger charge is 2.24. The molecular formula is C23H28N2O3. The number of rotatable bonds is 6. The third-order valence-corrected chi connectivity index (χ3v) is 5.89.